The van der Waals surface area contributed by atoms with Gasteiger partial charge in [-0.25, -0.2) is 9.59 Å². The summed E-state index contributed by atoms with van der Waals surface area (Å²) in [6.07, 6.45) is 5.04. The second-order valence-corrected chi connectivity index (χ2v) is 7.33. The van der Waals surface area contributed by atoms with Gasteiger partial charge >= 0.3 is 17.9 Å². The molecule has 2 N–H and O–H groups in total. The summed E-state index contributed by atoms with van der Waals surface area (Å²) in [5.74, 6) is -2.45. The van der Waals surface area contributed by atoms with E-state index in [0.29, 0.717) is 6.42 Å². The van der Waals surface area contributed by atoms with Gasteiger partial charge in [-0.15, -0.1) is 0 Å². The average Bonchev–Trinajstić information content (AvgIpc) is 2.96. The first-order chi connectivity index (χ1) is 14.3. The Morgan fingerprint density at radius 2 is 2.10 bits per heavy atom. The SMILES string of the molecule is C=C1C(=O)OC2C=C(C)CCC=C(COC(C)=O)CC(OC(=O)C(=CCO)CO)C12. The lowest BCUT2D eigenvalue weighted by Crippen LogP contribution is -2.34. The van der Waals surface area contributed by atoms with Crippen LogP contribution < -0.4 is 0 Å². The minimum atomic E-state index is -0.848. The minimum Gasteiger partial charge on any atom is -0.461 e. The molecule has 3 unspecified atom stereocenters. The molecule has 1 fully saturated rings. The molecule has 0 aromatic carbocycles. The molecule has 0 amide bonds. The number of ether oxygens (including phenoxy) is 3. The summed E-state index contributed by atoms with van der Waals surface area (Å²) in [6, 6.07) is 0. The molecule has 1 saturated heterocycles. The molecule has 3 atom stereocenters. The van der Waals surface area contributed by atoms with Gasteiger partial charge in [0.15, 0.2) is 0 Å². The first-order valence-electron chi connectivity index (χ1n) is 9.76. The van der Waals surface area contributed by atoms with Gasteiger partial charge in [-0.05, 0) is 37.5 Å². The smallest absolute Gasteiger partial charge is 0.336 e. The number of rotatable bonds is 6. The largest absolute Gasteiger partial charge is 0.461 e. The summed E-state index contributed by atoms with van der Waals surface area (Å²) in [4.78, 5) is 36.0. The van der Waals surface area contributed by atoms with E-state index >= 15 is 0 Å². The normalized spacial score (nSPS) is 24.9. The lowest BCUT2D eigenvalue weighted by Gasteiger charge is -2.28. The predicted octanol–water partition coefficient (Wildman–Crippen LogP) is 1.53. The van der Waals surface area contributed by atoms with Crippen LogP contribution in [0.25, 0.3) is 0 Å². The number of aliphatic hydroxyl groups excluding tert-OH is 2. The average molecular weight is 420 g/mol. The standard InChI is InChI=1S/C22H28O8/c1-13-5-4-6-16(12-28-15(3)25)10-19(30-22(27)17(11-24)7-8-23)20-14(2)21(26)29-18(20)9-13/h6-7,9,18-20,23-24H,2,4-5,8,10-12H2,1,3H3. The van der Waals surface area contributed by atoms with Crippen LogP contribution in [-0.4, -0.2) is 60.1 Å². The van der Waals surface area contributed by atoms with Crippen LogP contribution in [0.1, 0.15) is 33.1 Å². The van der Waals surface area contributed by atoms with Crippen LogP contribution in [0.15, 0.2) is 47.1 Å². The highest BCUT2D eigenvalue weighted by atomic mass is 16.6. The number of hydrogen-bond donors (Lipinski definition) is 2. The summed E-state index contributed by atoms with van der Waals surface area (Å²) < 4.78 is 16.2. The number of fused-ring (bicyclic) bond motifs is 1. The fraction of sp³-hybridized carbons (Fsp3) is 0.500. The zero-order valence-electron chi connectivity index (χ0n) is 17.3. The van der Waals surface area contributed by atoms with Gasteiger partial charge in [-0.1, -0.05) is 18.2 Å². The molecule has 30 heavy (non-hydrogen) atoms. The van der Waals surface area contributed by atoms with E-state index in [1.807, 2.05) is 19.1 Å². The number of esters is 3. The molecule has 164 valence electrons. The van der Waals surface area contributed by atoms with E-state index in [2.05, 4.69) is 6.58 Å². The van der Waals surface area contributed by atoms with E-state index < -0.39 is 49.2 Å². The molecule has 2 rings (SSSR count). The van der Waals surface area contributed by atoms with E-state index in [9.17, 15) is 19.5 Å². The molecule has 0 bridgehead atoms. The first-order valence-corrected chi connectivity index (χ1v) is 9.76. The Kier molecular flexibility index (Phi) is 8.56. The fourth-order valence-corrected chi connectivity index (χ4v) is 3.48. The van der Waals surface area contributed by atoms with E-state index in [1.54, 1.807) is 0 Å². The van der Waals surface area contributed by atoms with Crippen LogP contribution in [0.5, 0.6) is 0 Å². The number of hydrogen-bond acceptors (Lipinski definition) is 8. The van der Waals surface area contributed by atoms with Crippen molar-refractivity contribution in [3.05, 3.63) is 47.1 Å². The third kappa shape index (κ3) is 6.14. The molecule has 8 heteroatoms. The van der Waals surface area contributed by atoms with Crippen molar-refractivity contribution in [1.82, 2.24) is 0 Å². The highest BCUT2D eigenvalue weighted by Gasteiger charge is 2.44. The van der Waals surface area contributed by atoms with Crippen LogP contribution in [-0.2, 0) is 28.6 Å². The Balaban J connectivity index is 2.40. The topological polar surface area (TPSA) is 119 Å². The van der Waals surface area contributed by atoms with Gasteiger partial charge in [0.2, 0.25) is 0 Å². The van der Waals surface area contributed by atoms with Crippen LogP contribution >= 0.6 is 0 Å². The van der Waals surface area contributed by atoms with Crippen LogP contribution in [0.4, 0.5) is 0 Å². The van der Waals surface area contributed by atoms with Gasteiger partial charge < -0.3 is 24.4 Å². The Morgan fingerprint density at radius 3 is 2.73 bits per heavy atom. The zero-order valence-corrected chi connectivity index (χ0v) is 17.3. The number of carbonyl (C=O) groups is 3. The Bertz CT molecular complexity index is 789. The van der Waals surface area contributed by atoms with Crippen LogP contribution in [0.2, 0.25) is 0 Å². The second kappa shape index (κ2) is 10.9. The minimum absolute atomic E-state index is 0.0319. The highest BCUT2D eigenvalue weighted by molar-refractivity contribution is 5.92. The Hall–Kier alpha value is -2.71. The van der Waals surface area contributed by atoms with Crippen molar-refractivity contribution in [2.24, 2.45) is 5.92 Å². The third-order valence-corrected chi connectivity index (χ3v) is 5.04. The van der Waals surface area contributed by atoms with E-state index in [-0.39, 0.29) is 24.2 Å². The molecule has 1 aliphatic carbocycles. The maximum atomic E-state index is 12.6. The molecule has 1 heterocycles. The van der Waals surface area contributed by atoms with Gasteiger partial charge in [-0.2, -0.15) is 0 Å². The molecule has 8 nitrogen and oxygen atoms in total. The van der Waals surface area contributed by atoms with Gasteiger partial charge in [0.25, 0.3) is 0 Å². The first kappa shape index (κ1) is 23.6. The van der Waals surface area contributed by atoms with Crippen molar-refractivity contribution in [2.75, 3.05) is 19.8 Å². The lowest BCUT2D eigenvalue weighted by molar-refractivity contribution is -0.148. The van der Waals surface area contributed by atoms with Crippen molar-refractivity contribution < 1.29 is 38.8 Å². The van der Waals surface area contributed by atoms with Crippen molar-refractivity contribution in [1.29, 1.82) is 0 Å². The molecule has 1 aliphatic heterocycles. The van der Waals surface area contributed by atoms with Crippen molar-refractivity contribution in [3.8, 4) is 0 Å². The molecular weight excluding hydrogens is 392 g/mol. The third-order valence-electron chi connectivity index (χ3n) is 5.04. The van der Waals surface area contributed by atoms with Gasteiger partial charge in [0.05, 0.1) is 24.7 Å². The van der Waals surface area contributed by atoms with Crippen molar-refractivity contribution in [2.45, 2.75) is 45.3 Å². The van der Waals surface area contributed by atoms with Gasteiger partial charge in [0.1, 0.15) is 18.8 Å². The predicted molar refractivity (Wildman–Crippen MR) is 107 cm³/mol. The second-order valence-electron chi connectivity index (χ2n) is 7.33. The summed E-state index contributed by atoms with van der Waals surface area (Å²) >= 11 is 0. The lowest BCUT2D eigenvalue weighted by atomic mass is 9.85. The fourth-order valence-electron chi connectivity index (χ4n) is 3.48. The van der Waals surface area contributed by atoms with E-state index in [4.69, 9.17) is 19.3 Å². The monoisotopic (exact) mass is 420 g/mol. The zero-order chi connectivity index (χ0) is 22.3. The Morgan fingerprint density at radius 1 is 1.37 bits per heavy atom. The number of carbonyl (C=O) groups excluding carboxylic acids is 3. The molecular formula is C22H28O8. The van der Waals surface area contributed by atoms with Crippen molar-refractivity contribution in [3.63, 3.8) is 0 Å². The van der Waals surface area contributed by atoms with E-state index in [1.165, 1.54) is 6.92 Å². The van der Waals surface area contributed by atoms with Gasteiger partial charge in [-0.3, -0.25) is 4.79 Å². The Labute approximate surface area is 175 Å². The summed E-state index contributed by atoms with van der Waals surface area (Å²) in [6.45, 7) is 6.04. The number of allylic oxidation sites excluding steroid dienone is 2. The maximum absolute atomic E-state index is 12.6. The highest BCUT2D eigenvalue weighted by Crippen LogP contribution is 2.36. The maximum Gasteiger partial charge on any atom is 0.336 e. The quantitative estimate of drug-likeness (QED) is 0.287. The van der Waals surface area contributed by atoms with Crippen LogP contribution in [0, 0.1) is 5.92 Å². The molecule has 2 aliphatic rings. The summed E-state index contributed by atoms with van der Waals surface area (Å²) in [5.41, 5.74) is 1.82. The molecule has 0 spiro atoms. The van der Waals surface area contributed by atoms with Gasteiger partial charge in [0, 0.05) is 18.9 Å². The summed E-state index contributed by atoms with van der Waals surface area (Å²) in [5, 5.41) is 18.5. The molecule has 0 radical (unpaired) electrons. The van der Waals surface area contributed by atoms with E-state index in [0.717, 1.165) is 23.6 Å². The number of aliphatic hydroxyl groups is 2. The van der Waals surface area contributed by atoms with Crippen molar-refractivity contribution >= 4 is 17.9 Å². The molecule has 0 aromatic rings. The summed E-state index contributed by atoms with van der Waals surface area (Å²) in [7, 11) is 0. The molecule has 0 saturated carbocycles. The molecule has 0 aromatic heterocycles. The van der Waals surface area contributed by atoms with Crippen LogP contribution in [0.3, 0.4) is 0 Å².